The first-order valence-electron chi connectivity index (χ1n) is 6.78. The number of benzene rings is 1. The van der Waals surface area contributed by atoms with Crippen molar-refractivity contribution in [1.82, 2.24) is 9.78 Å². The van der Waals surface area contributed by atoms with Gasteiger partial charge < -0.3 is 4.74 Å². The number of esters is 1. The summed E-state index contributed by atoms with van der Waals surface area (Å²) < 4.78 is 6.51. The van der Waals surface area contributed by atoms with E-state index in [2.05, 4.69) is 5.10 Å². The summed E-state index contributed by atoms with van der Waals surface area (Å²) >= 11 is 0. The van der Waals surface area contributed by atoms with Crippen molar-refractivity contribution in [3.05, 3.63) is 56.9 Å². The summed E-state index contributed by atoms with van der Waals surface area (Å²) in [6.07, 6.45) is 0. The minimum absolute atomic E-state index is 0.0632. The molecule has 0 aliphatic carbocycles. The minimum atomic E-state index is -0.493. The van der Waals surface area contributed by atoms with Gasteiger partial charge in [0.25, 0.3) is 0 Å². The van der Waals surface area contributed by atoms with E-state index >= 15 is 0 Å². The molecule has 0 aliphatic rings. The third-order valence-corrected chi connectivity index (χ3v) is 3.45. The molecule has 7 heteroatoms. The molecular weight excluding hydrogens is 286 g/mol. The first-order valence-corrected chi connectivity index (χ1v) is 6.78. The van der Waals surface area contributed by atoms with Crippen LogP contribution in [0.1, 0.15) is 22.5 Å². The predicted octanol–water partition coefficient (Wildman–Crippen LogP) is 2.46. The molecule has 1 aromatic carbocycles. The highest BCUT2D eigenvalue weighted by Crippen LogP contribution is 2.21. The summed E-state index contributed by atoms with van der Waals surface area (Å²) in [4.78, 5) is 22.3. The van der Waals surface area contributed by atoms with Gasteiger partial charge in [-0.2, -0.15) is 5.10 Å². The van der Waals surface area contributed by atoms with E-state index in [1.807, 2.05) is 31.2 Å². The molecule has 7 nitrogen and oxygen atoms in total. The first-order chi connectivity index (χ1) is 10.4. The quantitative estimate of drug-likeness (QED) is 0.481. The number of nitro groups is 1. The number of rotatable bonds is 5. The zero-order valence-electron chi connectivity index (χ0n) is 12.7. The highest BCUT2D eigenvalue weighted by atomic mass is 16.6. The van der Waals surface area contributed by atoms with Gasteiger partial charge in [-0.1, -0.05) is 24.3 Å². The molecule has 0 saturated heterocycles. The third-order valence-electron chi connectivity index (χ3n) is 3.45. The van der Waals surface area contributed by atoms with Crippen LogP contribution in [0.4, 0.5) is 5.69 Å². The van der Waals surface area contributed by atoms with E-state index in [1.54, 1.807) is 13.8 Å². The number of nitrogens with zero attached hydrogens (tertiary/aromatic N) is 3. The molecule has 0 spiro atoms. The minimum Gasteiger partial charge on any atom is -0.459 e. The van der Waals surface area contributed by atoms with Gasteiger partial charge in [-0.05, 0) is 31.9 Å². The molecule has 0 fully saturated rings. The topological polar surface area (TPSA) is 87.3 Å². The van der Waals surface area contributed by atoms with Gasteiger partial charge in [-0.3, -0.25) is 19.6 Å². The third kappa shape index (κ3) is 3.30. The maximum Gasteiger partial charge on any atom is 0.328 e. The molecule has 0 unspecified atom stereocenters. The van der Waals surface area contributed by atoms with Gasteiger partial charge in [0.1, 0.15) is 24.5 Å². The molecular formula is C15H17N3O4. The molecule has 0 radical (unpaired) electrons. The molecule has 0 aliphatic heterocycles. The molecule has 116 valence electrons. The average Bonchev–Trinajstić information content (AvgIpc) is 2.72. The lowest BCUT2D eigenvalue weighted by atomic mass is 10.1. The smallest absolute Gasteiger partial charge is 0.328 e. The molecule has 1 aromatic heterocycles. The van der Waals surface area contributed by atoms with Crippen molar-refractivity contribution < 1.29 is 14.5 Å². The lowest BCUT2D eigenvalue weighted by molar-refractivity contribution is -0.386. The maximum absolute atomic E-state index is 11.9. The first kappa shape index (κ1) is 15.7. The summed E-state index contributed by atoms with van der Waals surface area (Å²) in [5.74, 6) is -0.483. The van der Waals surface area contributed by atoms with Crippen LogP contribution in [0.25, 0.3) is 0 Å². The number of aromatic nitrogens is 2. The molecule has 22 heavy (non-hydrogen) atoms. The Kier molecular flexibility index (Phi) is 4.55. The van der Waals surface area contributed by atoms with Crippen molar-refractivity contribution >= 4 is 11.7 Å². The molecule has 1 heterocycles. The van der Waals surface area contributed by atoms with E-state index in [4.69, 9.17) is 4.74 Å². The van der Waals surface area contributed by atoms with Gasteiger partial charge in [0.15, 0.2) is 0 Å². The van der Waals surface area contributed by atoms with Crippen LogP contribution in [-0.2, 0) is 22.7 Å². The second kappa shape index (κ2) is 6.38. The van der Waals surface area contributed by atoms with Crippen molar-refractivity contribution in [2.75, 3.05) is 0 Å². The fourth-order valence-electron chi connectivity index (χ4n) is 2.20. The van der Waals surface area contributed by atoms with Gasteiger partial charge in [0.2, 0.25) is 0 Å². The monoisotopic (exact) mass is 303 g/mol. The van der Waals surface area contributed by atoms with Crippen molar-refractivity contribution in [2.24, 2.45) is 0 Å². The van der Waals surface area contributed by atoms with Crippen LogP contribution >= 0.6 is 0 Å². The summed E-state index contributed by atoms with van der Waals surface area (Å²) in [5.41, 5.74) is 2.53. The highest BCUT2D eigenvalue weighted by molar-refractivity contribution is 5.69. The Labute approximate surface area is 127 Å². The van der Waals surface area contributed by atoms with Gasteiger partial charge in [0.05, 0.1) is 4.92 Å². The number of carbonyl (C=O) groups excluding carboxylic acids is 1. The van der Waals surface area contributed by atoms with Crippen molar-refractivity contribution in [3.8, 4) is 0 Å². The van der Waals surface area contributed by atoms with Crippen LogP contribution < -0.4 is 0 Å². The lowest BCUT2D eigenvalue weighted by Gasteiger charge is -2.08. The summed E-state index contributed by atoms with van der Waals surface area (Å²) in [6.45, 7) is 5.07. The molecule has 0 atom stereocenters. The van der Waals surface area contributed by atoms with E-state index < -0.39 is 10.9 Å². The number of hydrogen-bond donors (Lipinski definition) is 0. The fourth-order valence-corrected chi connectivity index (χ4v) is 2.20. The van der Waals surface area contributed by atoms with Gasteiger partial charge in [-0.15, -0.1) is 0 Å². The van der Waals surface area contributed by atoms with E-state index in [0.717, 1.165) is 11.1 Å². The van der Waals surface area contributed by atoms with E-state index in [0.29, 0.717) is 5.69 Å². The van der Waals surface area contributed by atoms with E-state index in [-0.39, 0.29) is 24.5 Å². The normalized spacial score (nSPS) is 10.5. The van der Waals surface area contributed by atoms with Crippen molar-refractivity contribution in [2.45, 2.75) is 33.9 Å². The average molecular weight is 303 g/mol. The highest BCUT2D eigenvalue weighted by Gasteiger charge is 2.23. The Morgan fingerprint density at radius 3 is 2.59 bits per heavy atom. The summed E-state index contributed by atoms with van der Waals surface area (Å²) in [7, 11) is 0. The van der Waals surface area contributed by atoms with Crippen LogP contribution in [0.3, 0.4) is 0 Å². The Hall–Kier alpha value is -2.70. The van der Waals surface area contributed by atoms with Crippen LogP contribution in [0.15, 0.2) is 24.3 Å². The Balaban J connectivity index is 2.03. The van der Waals surface area contributed by atoms with Crippen LogP contribution in [0, 0.1) is 30.9 Å². The van der Waals surface area contributed by atoms with Crippen LogP contribution in [-0.4, -0.2) is 20.7 Å². The zero-order valence-corrected chi connectivity index (χ0v) is 12.7. The Bertz CT molecular complexity index is 722. The van der Waals surface area contributed by atoms with Crippen molar-refractivity contribution in [1.29, 1.82) is 0 Å². The van der Waals surface area contributed by atoms with Gasteiger partial charge >= 0.3 is 11.7 Å². The van der Waals surface area contributed by atoms with Gasteiger partial charge in [-0.25, -0.2) is 0 Å². The molecule has 2 aromatic rings. The largest absolute Gasteiger partial charge is 0.459 e. The fraction of sp³-hybridized carbons (Fsp3) is 0.333. The Morgan fingerprint density at radius 1 is 1.32 bits per heavy atom. The standard InChI is InChI=1S/C15H17N3O4/c1-10-6-4-5-7-13(10)9-22-14(19)8-17-12(3)15(18(20)21)11(2)16-17/h4-7H,8-9H2,1-3H3. The van der Waals surface area contributed by atoms with Crippen LogP contribution in [0.5, 0.6) is 0 Å². The number of aryl methyl sites for hydroxylation is 2. The SMILES string of the molecule is Cc1ccccc1COC(=O)Cn1nc(C)c([N+](=O)[O-])c1C. The number of hydrogen-bond acceptors (Lipinski definition) is 5. The van der Waals surface area contributed by atoms with E-state index in [9.17, 15) is 14.9 Å². The second-order valence-electron chi connectivity index (χ2n) is 5.02. The molecule has 0 bridgehead atoms. The van der Waals surface area contributed by atoms with E-state index in [1.165, 1.54) is 4.68 Å². The molecule has 2 rings (SSSR count). The van der Waals surface area contributed by atoms with Crippen molar-refractivity contribution in [3.63, 3.8) is 0 Å². The second-order valence-corrected chi connectivity index (χ2v) is 5.02. The summed E-state index contributed by atoms with van der Waals surface area (Å²) in [5, 5.41) is 14.9. The summed E-state index contributed by atoms with van der Waals surface area (Å²) in [6, 6.07) is 7.61. The predicted molar refractivity (Wildman–Crippen MR) is 79.3 cm³/mol. The van der Waals surface area contributed by atoms with Crippen LogP contribution in [0.2, 0.25) is 0 Å². The number of carbonyl (C=O) groups is 1. The van der Waals surface area contributed by atoms with Gasteiger partial charge in [0, 0.05) is 0 Å². The lowest BCUT2D eigenvalue weighted by Crippen LogP contribution is -2.16. The number of ether oxygens (including phenoxy) is 1. The maximum atomic E-state index is 11.9. The molecule has 0 saturated carbocycles. The zero-order chi connectivity index (χ0) is 16.3. The molecule has 0 amide bonds. The Morgan fingerprint density at radius 2 is 2.00 bits per heavy atom. The molecule has 0 N–H and O–H groups in total.